The molecular formula is C72H131NO22. The van der Waals surface area contributed by atoms with Crippen LogP contribution in [0.1, 0.15) is 210 Å². The number of aliphatic hydroxyl groups excluding tert-OH is 16. The van der Waals surface area contributed by atoms with Crippen LogP contribution in [-0.4, -0.2) is 252 Å². The highest BCUT2D eigenvalue weighted by Crippen LogP contribution is 2.42. The van der Waals surface area contributed by atoms with E-state index in [0.717, 1.165) is 25.7 Å². The summed E-state index contributed by atoms with van der Waals surface area (Å²) < 4.78 is 24.5. The molecule has 0 aliphatic carbocycles. The van der Waals surface area contributed by atoms with E-state index in [-0.39, 0.29) is 89.4 Å². The molecule has 3 aliphatic rings. The largest absolute Gasteiger partial charge is 0.458 e. The average Bonchev–Trinajstić information content (AvgIpc) is 0.770. The van der Waals surface area contributed by atoms with Crippen molar-refractivity contribution >= 4 is 5.97 Å². The van der Waals surface area contributed by atoms with Crippen molar-refractivity contribution in [2.45, 2.75) is 351 Å². The first-order chi connectivity index (χ1) is 44.5. The highest BCUT2D eigenvalue weighted by Gasteiger charge is 2.53. The van der Waals surface area contributed by atoms with Gasteiger partial charge in [-0.1, -0.05) is 97.6 Å². The zero-order valence-corrected chi connectivity index (χ0v) is 59.3. The van der Waals surface area contributed by atoms with Crippen LogP contribution < -0.4 is 0 Å². The van der Waals surface area contributed by atoms with Gasteiger partial charge in [-0.2, -0.15) is 0 Å². The van der Waals surface area contributed by atoms with Gasteiger partial charge >= 0.3 is 5.97 Å². The SMILES string of the molecule is CCCCCCC1C=C(C)[C@@H](O)C[C@H](O)CCC[C@H](O)[C@@H](C)[C@H](O)CC=CC=C(C)[C@@H](O)[C@H](C)[C@@H]2C[C@H](OC3O[C@H](C)[C@@H](O)[C@H](N(C)C)[C@H]3O)[C@@H](C)C(O)(CC(=O)OC(C)C=C[C@@H](O)C[C@@H](O)CCC[C@H](O)[C@@H](C)[C@H](O)CC[C@H](C)[C@H](O)C[C@@H](O)C[C@H](O)CCC(O)[C@@H]1O)O2. The number of unbranched alkanes of at least 4 members (excludes halogenated alkanes) is 3. The summed E-state index contributed by atoms with van der Waals surface area (Å²) in [6.07, 6.45) is -6.51. The molecule has 23 nitrogen and oxygen atoms in total. The molecule has 556 valence electrons. The summed E-state index contributed by atoms with van der Waals surface area (Å²) in [7, 11) is 3.40. The van der Waals surface area contributed by atoms with Gasteiger partial charge in [-0.25, -0.2) is 0 Å². The Morgan fingerprint density at radius 2 is 1.18 bits per heavy atom. The lowest BCUT2D eigenvalue weighted by Gasteiger charge is -2.50. The molecule has 0 aromatic carbocycles. The first kappa shape index (κ1) is 86.8. The molecule has 0 spiro atoms. The molecule has 0 aromatic rings. The van der Waals surface area contributed by atoms with Crippen LogP contribution in [-0.2, 0) is 23.7 Å². The molecule has 2 saturated heterocycles. The van der Waals surface area contributed by atoms with E-state index in [1.807, 2.05) is 0 Å². The van der Waals surface area contributed by atoms with Crippen molar-refractivity contribution in [1.29, 1.82) is 0 Å². The standard InChI is InChI=1S/C72H131NO22/c1-13-14-15-16-22-50-34-43(4)62(85)37-52(75)24-20-27-57(80)45(6)56(79)25-18-17-21-42(3)67(87)47(8)63-39-64(94-71-70(90)66(73(11)12)68(88)49(10)93-71)48(9)72(91,95-63)40-65(86)92-44(5)29-30-53(76)35-51(74)23-19-26-58(81)46(7)59(82)32-28-41(2)61(84)38-55(78)36-54(77)31-33-60(83)69(50)89/h17-18,21,29-30,34,41,44-64,66-71,74-85,87-91H,13-16,19-20,22-28,31-33,35-40H2,1-12H3/t41-,44?,45-,46+,47+,48+,49+,50?,51-,52+,53+,54+,55-,56+,57-,58-,59+,60?,61+,62-,63-,64-,66-,67+,68+,69+,70+,71?,72?/m0/s1. The Hall–Kier alpha value is -2.41. The van der Waals surface area contributed by atoms with Gasteiger partial charge in [-0.05, 0) is 155 Å². The number of likely N-dealkylation sites (N-methyl/N-ethyl adjacent to an activating group) is 1. The van der Waals surface area contributed by atoms with Gasteiger partial charge in [-0.3, -0.25) is 4.79 Å². The maximum Gasteiger partial charge on any atom is 0.311 e. The number of hydrogen-bond acceptors (Lipinski definition) is 23. The maximum absolute atomic E-state index is 13.7. The Kier molecular flexibility index (Phi) is 39.7. The van der Waals surface area contributed by atoms with E-state index in [0.29, 0.717) is 36.8 Å². The van der Waals surface area contributed by atoms with Crippen LogP contribution in [0.15, 0.2) is 47.6 Å². The number of cyclic esters (lactones) is 1. The first-order valence-corrected chi connectivity index (χ1v) is 35.7. The van der Waals surface area contributed by atoms with Gasteiger partial charge in [0.15, 0.2) is 12.1 Å². The fraction of sp³-hybridized carbons (Fsp3) is 0.875. The zero-order valence-electron chi connectivity index (χ0n) is 59.3. The zero-order chi connectivity index (χ0) is 71.6. The third-order valence-corrected chi connectivity index (χ3v) is 20.7. The van der Waals surface area contributed by atoms with Crippen LogP contribution in [0.2, 0.25) is 0 Å². The molecule has 3 aliphatic heterocycles. The molecule has 0 radical (unpaired) electrons. The monoisotopic (exact) mass is 1360 g/mol. The van der Waals surface area contributed by atoms with Gasteiger partial charge in [-0.15, -0.1) is 0 Å². The predicted molar refractivity (Wildman–Crippen MR) is 361 cm³/mol. The van der Waals surface area contributed by atoms with Gasteiger partial charge in [0.25, 0.3) is 0 Å². The lowest BCUT2D eigenvalue weighted by Crippen LogP contribution is -2.64. The van der Waals surface area contributed by atoms with Crippen molar-refractivity contribution < 1.29 is 111 Å². The maximum atomic E-state index is 13.7. The second-order valence-electron chi connectivity index (χ2n) is 29.2. The summed E-state index contributed by atoms with van der Waals surface area (Å²) in [6.45, 7) is 17.2. The van der Waals surface area contributed by atoms with E-state index in [4.69, 9.17) is 18.9 Å². The smallest absolute Gasteiger partial charge is 0.311 e. The van der Waals surface area contributed by atoms with Crippen molar-refractivity contribution in [2.24, 2.45) is 35.5 Å². The summed E-state index contributed by atoms with van der Waals surface area (Å²) in [4.78, 5) is 15.4. The number of aliphatic hydroxyl groups is 17. The summed E-state index contributed by atoms with van der Waals surface area (Å²) in [6, 6.07) is -0.781. The van der Waals surface area contributed by atoms with Crippen molar-refractivity contribution in [1.82, 2.24) is 4.90 Å². The van der Waals surface area contributed by atoms with Crippen LogP contribution in [0.25, 0.3) is 0 Å². The number of hydrogen-bond donors (Lipinski definition) is 17. The molecule has 0 aromatic heterocycles. The van der Waals surface area contributed by atoms with E-state index in [1.165, 1.54) is 12.2 Å². The molecule has 3 heterocycles. The topological polar surface area (TPSA) is 401 Å². The molecular weight excluding hydrogens is 1230 g/mol. The Balaban J connectivity index is 1.85. The lowest BCUT2D eigenvalue weighted by atomic mass is 9.80. The fourth-order valence-corrected chi connectivity index (χ4v) is 13.5. The molecule has 3 rings (SSSR count). The Morgan fingerprint density at radius 1 is 0.589 bits per heavy atom. The molecule has 0 amide bonds. The normalized spacial score (nSPS) is 42.9. The average molecular weight is 1360 g/mol. The van der Waals surface area contributed by atoms with E-state index in [1.54, 1.807) is 106 Å². The Labute approximate surface area is 567 Å². The number of rotatable bonds is 8. The molecule has 95 heavy (non-hydrogen) atoms. The van der Waals surface area contributed by atoms with Crippen LogP contribution in [0.3, 0.4) is 0 Å². The number of esters is 1. The van der Waals surface area contributed by atoms with Gasteiger partial charge in [0.1, 0.15) is 12.2 Å². The van der Waals surface area contributed by atoms with Gasteiger partial charge < -0.3 is 111 Å². The first-order valence-electron chi connectivity index (χ1n) is 35.7. The van der Waals surface area contributed by atoms with Crippen LogP contribution in [0, 0.1) is 35.5 Å². The summed E-state index contributed by atoms with van der Waals surface area (Å²) in [5.41, 5.74) is 1.00. The Morgan fingerprint density at radius 3 is 1.80 bits per heavy atom. The summed E-state index contributed by atoms with van der Waals surface area (Å²) >= 11 is 0. The van der Waals surface area contributed by atoms with E-state index >= 15 is 0 Å². The Bertz CT molecular complexity index is 2240. The van der Waals surface area contributed by atoms with E-state index in [9.17, 15) is 91.6 Å². The van der Waals surface area contributed by atoms with Crippen molar-refractivity contribution in [2.75, 3.05) is 14.1 Å². The third kappa shape index (κ3) is 29.6. The summed E-state index contributed by atoms with van der Waals surface area (Å²) in [5, 5.41) is 190. The number of carbonyl (C=O) groups excluding carboxylic acids is 1. The quantitative estimate of drug-likeness (QED) is 0.0917. The molecule has 0 saturated carbocycles. The molecule has 23 heteroatoms. The number of nitrogens with zero attached hydrogens (tertiary/aromatic N) is 1. The number of allylic oxidation sites excluding steroid dienone is 2. The van der Waals surface area contributed by atoms with Gasteiger partial charge in [0, 0.05) is 48.9 Å². The second kappa shape index (κ2) is 43.4. The van der Waals surface area contributed by atoms with E-state index < -0.39 is 182 Å². The van der Waals surface area contributed by atoms with E-state index in [2.05, 4.69) is 6.92 Å². The van der Waals surface area contributed by atoms with Gasteiger partial charge in [0.05, 0.1) is 122 Å². The van der Waals surface area contributed by atoms with Crippen molar-refractivity contribution in [3.05, 3.63) is 47.6 Å². The van der Waals surface area contributed by atoms with Crippen molar-refractivity contribution in [3.63, 3.8) is 0 Å². The van der Waals surface area contributed by atoms with Crippen molar-refractivity contribution in [3.8, 4) is 0 Å². The summed E-state index contributed by atoms with van der Waals surface area (Å²) in [5.74, 6) is -6.87. The predicted octanol–water partition coefficient (Wildman–Crippen LogP) is 4.26. The van der Waals surface area contributed by atoms with Crippen LogP contribution in [0.4, 0.5) is 0 Å². The molecule has 29 atom stereocenters. The third-order valence-electron chi connectivity index (χ3n) is 20.7. The number of fused-ring (bicyclic) bond motifs is 2. The lowest BCUT2D eigenvalue weighted by molar-refractivity contribution is -0.351. The highest BCUT2D eigenvalue weighted by atomic mass is 16.7. The molecule has 5 unspecified atom stereocenters. The highest BCUT2D eigenvalue weighted by molar-refractivity contribution is 5.71. The number of carbonyl (C=O) groups is 1. The van der Waals surface area contributed by atoms with Crippen LogP contribution in [0.5, 0.6) is 0 Å². The second-order valence-corrected chi connectivity index (χ2v) is 29.2. The number of ether oxygens (including phenoxy) is 4. The minimum absolute atomic E-state index is 0.0123. The van der Waals surface area contributed by atoms with Gasteiger partial charge in [0.2, 0.25) is 0 Å². The molecule has 2 fully saturated rings. The minimum atomic E-state index is -2.26. The fourth-order valence-electron chi connectivity index (χ4n) is 13.5. The molecule has 2 bridgehead atoms. The minimum Gasteiger partial charge on any atom is -0.458 e. The van der Waals surface area contributed by atoms with Crippen LogP contribution >= 0.6 is 0 Å². The molecule has 17 N–H and O–H groups in total.